The summed E-state index contributed by atoms with van der Waals surface area (Å²) in [6.07, 6.45) is 0. The first-order valence-corrected chi connectivity index (χ1v) is 6.96. The van der Waals surface area contributed by atoms with Crippen molar-refractivity contribution in [2.24, 2.45) is 0 Å². The Labute approximate surface area is 123 Å². The van der Waals surface area contributed by atoms with Crippen molar-refractivity contribution in [1.82, 2.24) is 4.57 Å². The summed E-state index contributed by atoms with van der Waals surface area (Å²) < 4.78 is 3.92. The van der Waals surface area contributed by atoms with E-state index in [0.29, 0.717) is 19.0 Å². The van der Waals surface area contributed by atoms with Gasteiger partial charge in [-0.2, -0.15) is 0 Å². The first-order valence-electron chi connectivity index (χ1n) is 6.96. The molecule has 0 aliphatic carbocycles. The van der Waals surface area contributed by atoms with Gasteiger partial charge >= 0.3 is 5.95 Å². The molecule has 4 heteroatoms. The molecule has 0 amide bonds. The molecule has 0 saturated heterocycles. The molecule has 0 aliphatic heterocycles. The zero-order chi connectivity index (χ0) is 14.8. The van der Waals surface area contributed by atoms with Crippen LogP contribution < -0.4 is 10.3 Å². The molecule has 3 rings (SSSR count). The zero-order valence-electron chi connectivity index (χ0n) is 12.0. The highest BCUT2D eigenvalue weighted by Gasteiger charge is 2.21. The van der Waals surface area contributed by atoms with Crippen LogP contribution in [0, 0.1) is 0 Å². The Bertz CT molecular complexity index is 790. The maximum absolute atomic E-state index is 11.5. The van der Waals surface area contributed by atoms with E-state index in [1.807, 2.05) is 51.6 Å². The Kier molecular flexibility index (Phi) is 3.44. The predicted octanol–water partition coefficient (Wildman–Crippen LogP) is 2.15. The first kappa shape index (κ1) is 13.4. The number of carbonyl (C=O) groups is 1. The number of ketones is 1. The summed E-state index contributed by atoms with van der Waals surface area (Å²) in [7, 11) is 0. The number of rotatable bonds is 4. The summed E-state index contributed by atoms with van der Waals surface area (Å²) in [5, 5.41) is 0. The molecule has 0 unspecified atom stereocenters. The van der Waals surface area contributed by atoms with Crippen LogP contribution in [0.1, 0.15) is 12.5 Å². The molecule has 21 heavy (non-hydrogen) atoms. The number of fused-ring (bicyclic) bond motifs is 1. The van der Waals surface area contributed by atoms with Crippen LogP contribution in [0.15, 0.2) is 54.6 Å². The highest BCUT2D eigenvalue weighted by atomic mass is 16.1. The van der Waals surface area contributed by atoms with E-state index in [4.69, 9.17) is 5.73 Å². The van der Waals surface area contributed by atoms with Gasteiger partial charge in [0.1, 0.15) is 17.6 Å². The van der Waals surface area contributed by atoms with Crippen molar-refractivity contribution in [2.75, 3.05) is 5.73 Å². The second kappa shape index (κ2) is 5.40. The fraction of sp³-hybridized carbons (Fsp3) is 0.176. The summed E-state index contributed by atoms with van der Waals surface area (Å²) in [6.45, 7) is 2.57. The lowest BCUT2D eigenvalue weighted by Gasteiger charge is -2.02. The average molecular weight is 280 g/mol. The van der Waals surface area contributed by atoms with Crippen molar-refractivity contribution in [2.45, 2.75) is 20.0 Å². The lowest BCUT2D eigenvalue weighted by Crippen LogP contribution is -2.37. The number of hydrogen-bond donors (Lipinski definition) is 1. The molecule has 0 fully saturated rings. The molecule has 0 aliphatic rings. The normalized spacial score (nSPS) is 10.9. The number of hydrogen-bond acceptors (Lipinski definition) is 2. The fourth-order valence-electron chi connectivity index (χ4n) is 2.63. The van der Waals surface area contributed by atoms with Gasteiger partial charge in [-0.05, 0) is 24.6 Å². The fourth-order valence-corrected chi connectivity index (χ4v) is 2.63. The van der Waals surface area contributed by atoms with Crippen LogP contribution in [0.2, 0.25) is 0 Å². The van der Waals surface area contributed by atoms with Crippen molar-refractivity contribution in [3.05, 3.63) is 60.2 Å². The predicted molar refractivity (Wildman–Crippen MR) is 82.8 cm³/mol. The van der Waals surface area contributed by atoms with E-state index in [1.165, 1.54) is 5.56 Å². The molecule has 0 saturated carbocycles. The number of aromatic nitrogens is 2. The largest absolute Gasteiger partial charge is 0.356 e. The molecule has 0 spiro atoms. The number of Topliss-reactive ketones (excluding diaryl/α,β-unsaturated/α-hetero) is 1. The Balaban J connectivity index is 2.14. The van der Waals surface area contributed by atoms with Gasteiger partial charge in [0.25, 0.3) is 0 Å². The Morgan fingerprint density at radius 1 is 1.10 bits per heavy atom. The Morgan fingerprint density at radius 3 is 2.48 bits per heavy atom. The highest BCUT2D eigenvalue weighted by Crippen LogP contribution is 2.16. The molecule has 1 aromatic heterocycles. The molecule has 1 heterocycles. The van der Waals surface area contributed by atoms with E-state index in [2.05, 4.69) is 12.1 Å². The monoisotopic (exact) mass is 280 g/mol. The van der Waals surface area contributed by atoms with Gasteiger partial charge in [0.2, 0.25) is 0 Å². The number of nitrogen functional groups attached to an aromatic ring is 1. The quantitative estimate of drug-likeness (QED) is 0.744. The van der Waals surface area contributed by atoms with Gasteiger partial charge in [-0.1, -0.05) is 42.5 Å². The van der Waals surface area contributed by atoms with Crippen LogP contribution in [0.3, 0.4) is 0 Å². The van der Waals surface area contributed by atoms with E-state index in [1.54, 1.807) is 6.92 Å². The van der Waals surface area contributed by atoms with E-state index in [0.717, 1.165) is 11.0 Å². The number of imidazole rings is 1. The van der Waals surface area contributed by atoms with Gasteiger partial charge in [0.05, 0.1) is 6.54 Å². The molecular weight excluding hydrogens is 262 g/mol. The van der Waals surface area contributed by atoms with Crippen molar-refractivity contribution >= 4 is 22.8 Å². The summed E-state index contributed by atoms with van der Waals surface area (Å²) in [4.78, 5) is 11.5. The van der Waals surface area contributed by atoms with Crippen LogP contribution >= 0.6 is 0 Å². The number of para-hydroxylation sites is 2. The van der Waals surface area contributed by atoms with Crippen molar-refractivity contribution in [3.63, 3.8) is 0 Å². The highest BCUT2D eigenvalue weighted by molar-refractivity contribution is 5.80. The minimum atomic E-state index is 0.0920. The van der Waals surface area contributed by atoms with E-state index < -0.39 is 0 Å². The molecule has 0 radical (unpaired) electrons. The summed E-state index contributed by atoms with van der Waals surface area (Å²) in [6, 6.07) is 18.2. The van der Waals surface area contributed by atoms with Crippen molar-refractivity contribution in [1.29, 1.82) is 0 Å². The molecule has 4 nitrogen and oxygen atoms in total. The van der Waals surface area contributed by atoms with Crippen molar-refractivity contribution in [3.8, 4) is 0 Å². The molecule has 2 aromatic carbocycles. The molecular formula is C17H18N3O+. The zero-order valence-corrected chi connectivity index (χ0v) is 12.0. The third kappa shape index (κ3) is 2.52. The van der Waals surface area contributed by atoms with Crippen LogP contribution in [-0.4, -0.2) is 10.4 Å². The molecule has 0 bridgehead atoms. The second-order valence-electron chi connectivity index (χ2n) is 5.21. The lowest BCUT2D eigenvalue weighted by molar-refractivity contribution is -0.648. The van der Waals surface area contributed by atoms with Crippen LogP contribution in [0.25, 0.3) is 11.0 Å². The number of anilines is 1. The van der Waals surface area contributed by atoms with Crippen LogP contribution in [0.4, 0.5) is 5.95 Å². The maximum Gasteiger partial charge on any atom is 0.356 e. The second-order valence-corrected chi connectivity index (χ2v) is 5.21. The third-order valence-electron chi connectivity index (χ3n) is 3.58. The maximum atomic E-state index is 11.5. The minimum Gasteiger partial charge on any atom is -0.296 e. The summed E-state index contributed by atoms with van der Waals surface area (Å²) in [5.74, 6) is 0.699. The van der Waals surface area contributed by atoms with Gasteiger partial charge in [0, 0.05) is 0 Å². The van der Waals surface area contributed by atoms with E-state index in [9.17, 15) is 4.79 Å². The Hall–Kier alpha value is -2.62. The van der Waals surface area contributed by atoms with Gasteiger partial charge in [-0.3, -0.25) is 10.5 Å². The summed E-state index contributed by atoms with van der Waals surface area (Å²) in [5.41, 5.74) is 9.50. The van der Waals surface area contributed by atoms with Crippen molar-refractivity contribution < 1.29 is 9.36 Å². The molecule has 2 N–H and O–H groups in total. The average Bonchev–Trinajstić information content (AvgIpc) is 2.74. The lowest BCUT2D eigenvalue weighted by atomic mass is 10.2. The topological polar surface area (TPSA) is 51.9 Å². The molecule has 0 atom stereocenters. The smallest absolute Gasteiger partial charge is 0.296 e. The number of nitrogens with two attached hydrogens (primary N) is 1. The minimum absolute atomic E-state index is 0.0920. The standard InChI is InChI=1S/C17H17N3O/c1-13(21)11-19-15-9-5-6-10-16(15)20(17(19)18)12-14-7-3-2-4-8-14/h2-10,18H,11-12H2,1H3/p+1. The number of benzene rings is 2. The Morgan fingerprint density at radius 2 is 1.76 bits per heavy atom. The molecule has 3 aromatic rings. The van der Waals surface area contributed by atoms with Gasteiger partial charge in [-0.15, -0.1) is 0 Å². The van der Waals surface area contributed by atoms with Gasteiger partial charge in [-0.25, -0.2) is 9.13 Å². The van der Waals surface area contributed by atoms with E-state index in [-0.39, 0.29) is 5.78 Å². The third-order valence-corrected chi connectivity index (χ3v) is 3.58. The van der Waals surface area contributed by atoms with Crippen LogP contribution in [-0.2, 0) is 17.9 Å². The van der Waals surface area contributed by atoms with Gasteiger partial charge < -0.3 is 0 Å². The molecule has 106 valence electrons. The number of nitrogens with zero attached hydrogens (tertiary/aromatic N) is 2. The SMILES string of the molecule is CC(=O)Cn1c(N)[n+](Cc2ccccc2)c2ccccc21. The first-order chi connectivity index (χ1) is 10.2. The van der Waals surface area contributed by atoms with Crippen LogP contribution in [0.5, 0.6) is 0 Å². The number of carbonyl (C=O) groups excluding carboxylic acids is 1. The van der Waals surface area contributed by atoms with Gasteiger partial charge in [0.15, 0.2) is 5.78 Å². The summed E-state index contributed by atoms with van der Waals surface area (Å²) >= 11 is 0. The van der Waals surface area contributed by atoms with E-state index >= 15 is 0 Å².